The highest BCUT2D eigenvalue weighted by Crippen LogP contribution is 2.37. The molecule has 0 N–H and O–H groups in total. The Balaban J connectivity index is 2.51. The van der Waals surface area contributed by atoms with E-state index in [9.17, 15) is 9.59 Å². The number of anilines is 1. The van der Waals surface area contributed by atoms with Crippen LogP contribution < -0.4 is 4.90 Å². The number of carbonyl (C=O) groups excluding carboxylic acids is 2. The van der Waals surface area contributed by atoms with Crippen molar-refractivity contribution < 1.29 is 14.3 Å². The molecular weight excluding hydrogens is 382 g/mol. The van der Waals surface area contributed by atoms with Gasteiger partial charge in [-0.2, -0.15) is 0 Å². The molecular formula is C24H33NO3S. The molecule has 2 rings (SSSR count). The normalized spacial score (nSPS) is 19.3. The van der Waals surface area contributed by atoms with Crippen molar-refractivity contribution >= 4 is 28.9 Å². The maximum atomic E-state index is 13.6. The van der Waals surface area contributed by atoms with Crippen LogP contribution >= 0.6 is 11.3 Å². The lowest BCUT2D eigenvalue weighted by molar-refractivity contribution is -0.124. The number of thiophene rings is 1. The van der Waals surface area contributed by atoms with Gasteiger partial charge in [-0.15, -0.1) is 11.3 Å². The number of amides is 1. The van der Waals surface area contributed by atoms with Gasteiger partial charge in [-0.05, 0) is 66.4 Å². The topological polar surface area (TPSA) is 46.6 Å². The van der Waals surface area contributed by atoms with Crippen LogP contribution in [0.2, 0.25) is 0 Å². The van der Waals surface area contributed by atoms with Gasteiger partial charge in [0, 0.05) is 17.4 Å². The van der Waals surface area contributed by atoms with E-state index in [2.05, 4.69) is 31.8 Å². The molecule has 1 aromatic rings. The average Bonchev–Trinajstić information content (AvgIpc) is 3.02. The molecule has 2 unspecified atom stereocenters. The fraction of sp³-hybridized carbons (Fsp3) is 0.583. The summed E-state index contributed by atoms with van der Waals surface area (Å²) in [7, 11) is 1.37. The lowest BCUT2D eigenvalue weighted by atomic mass is 9.80. The number of allylic oxidation sites excluding steroid dienone is 2. The standard InChI is InChI=1S/C24H33NO3S/c1-15(2)25(22(26)19-10-9-16(3)13-17(19)4)20-14-18(11-12-24(5,6)7)29-21(20)23(27)28-8/h9,14-15,17,19H,10,13H2,1-8H3. The first-order chi connectivity index (χ1) is 13.4. The zero-order chi connectivity index (χ0) is 21.9. The third-order valence-corrected chi connectivity index (χ3v) is 6.05. The van der Waals surface area contributed by atoms with Gasteiger partial charge in [0.1, 0.15) is 4.88 Å². The second-order valence-electron chi connectivity index (χ2n) is 9.19. The van der Waals surface area contributed by atoms with E-state index >= 15 is 0 Å². The second-order valence-corrected chi connectivity index (χ2v) is 10.2. The minimum absolute atomic E-state index is 0.0644. The van der Waals surface area contributed by atoms with Gasteiger partial charge in [0.15, 0.2) is 0 Å². The predicted octanol–water partition coefficient (Wildman–Crippen LogP) is 5.67. The van der Waals surface area contributed by atoms with E-state index in [0.29, 0.717) is 10.6 Å². The van der Waals surface area contributed by atoms with Crippen molar-refractivity contribution in [2.75, 3.05) is 12.0 Å². The lowest BCUT2D eigenvalue weighted by Crippen LogP contribution is -2.44. The van der Waals surface area contributed by atoms with Crippen molar-refractivity contribution in [3.05, 3.63) is 27.5 Å². The minimum Gasteiger partial charge on any atom is -0.465 e. The van der Waals surface area contributed by atoms with Crippen molar-refractivity contribution in [1.82, 2.24) is 0 Å². The number of hydrogen-bond acceptors (Lipinski definition) is 4. The molecule has 29 heavy (non-hydrogen) atoms. The van der Waals surface area contributed by atoms with Crippen molar-refractivity contribution in [3.8, 4) is 11.8 Å². The molecule has 0 saturated carbocycles. The number of nitrogens with zero attached hydrogens (tertiary/aromatic N) is 1. The summed E-state index contributed by atoms with van der Waals surface area (Å²) in [6.45, 7) is 14.3. The molecule has 0 spiro atoms. The summed E-state index contributed by atoms with van der Waals surface area (Å²) in [6.07, 6.45) is 3.83. The van der Waals surface area contributed by atoms with E-state index in [-0.39, 0.29) is 29.2 Å². The van der Waals surface area contributed by atoms with Gasteiger partial charge in [-0.25, -0.2) is 4.79 Å². The fourth-order valence-electron chi connectivity index (χ4n) is 3.58. The van der Waals surface area contributed by atoms with Crippen LogP contribution in [0.1, 0.15) is 75.9 Å². The van der Waals surface area contributed by atoms with Gasteiger partial charge in [0.05, 0.1) is 17.7 Å². The lowest BCUT2D eigenvalue weighted by Gasteiger charge is -2.34. The first kappa shape index (κ1) is 23.2. The number of methoxy groups -OCH3 is 1. The molecule has 1 aliphatic carbocycles. The van der Waals surface area contributed by atoms with Crippen LogP contribution in [0.15, 0.2) is 17.7 Å². The van der Waals surface area contributed by atoms with Crippen LogP contribution in [0.4, 0.5) is 5.69 Å². The van der Waals surface area contributed by atoms with Crippen molar-refractivity contribution in [2.45, 2.75) is 67.3 Å². The van der Waals surface area contributed by atoms with E-state index in [4.69, 9.17) is 4.74 Å². The summed E-state index contributed by atoms with van der Waals surface area (Å²) in [5.74, 6) is 6.19. The molecule has 1 aliphatic rings. The van der Waals surface area contributed by atoms with Crippen LogP contribution in [0.25, 0.3) is 0 Å². The summed E-state index contributed by atoms with van der Waals surface area (Å²) in [5.41, 5.74) is 1.80. The molecule has 5 heteroatoms. The maximum Gasteiger partial charge on any atom is 0.350 e. The van der Waals surface area contributed by atoms with Crippen LogP contribution in [-0.2, 0) is 9.53 Å². The van der Waals surface area contributed by atoms with Crippen LogP contribution in [0.5, 0.6) is 0 Å². The SMILES string of the molecule is COC(=O)c1sc(C#CC(C)(C)C)cc1N(C(=O)C1CC=C(C)CC1C)C(C)C. The highest BCUT2D eigenvalue weighted by atomic mass is 32.1. The molecule has 0 aliphatic heterocycles. The predicted molar refractivity (Wildman–Crippen MR) is 120 cm³/mol. The van der Waals surface area contributed by atoms with E-state index < -0.39 is 5.97 Å². The Morgan fingerprint density at radius 1 is 1.31 bits per heavy atom. The first-order valence-electron chi connectivity index (χ1n) is 10.2. The number of hydrogen-bond donors (Lipinski definition) is 0. The Labute approximate surface area is 179 Å². The molecule has 158 valence electrons. The molecule has 0 fully saturated rings. The van der Waals surface area contributed by atoms with Gasteiger partial charge < -0.3 is 9.64 Å². The third kappa shape index (κ3) is 5.73. The Morgan fingerprint density at radius 3 is 2.48 bits per heavy atom. The van der Waals surface area contributed by atoms with Gasteiger partial charge in [0.25, 0.3) is 0 Å². The van der Waals surface area contributed by atoms with E-state index in [1.165, 1.54) is 24.0 Å². The van der Waals surface area contributed by atoms with Crippen LogP contribution in [-0.4, -0.2) is 25.0 Å². The summed E-state index contributed by atoms with van der Waals surface area (Å²) in [5, 5.41) is 0. The van der Waals surface area contributed by atoms with Crippen LogP contribution in [0, 0.1) is 29.1 Å². The molecule has 0 radical (unpaired) electrons. The summed E-state index contributed by atoms with van der Waals surface area (Å²) >= 11 is 1.29. The van der Waals surface area contributed by atoms with Gasteiger partial charge >= 0.3 is 5.97 Å². The Bertz CT molecular complexity index is 861. The zero-order valence-corrected chi connectivity index (χ0v) is 19.7. The second kappa shape index (κ2) is 9.17. The molecule has 0 bridgehead atoms. The van der Waals surface area contributed by atoms with Gasteiger partial charge in [-0.1, -0.05) is 30.4 Å². The summed E-state index contributed by atoms with van der Waals surface area (Å²) in [4.78, 5) is 29.0. The van der Waals surface area contributed by atoms with E-state index in [0.717, 1.165) is 17.7 Å². The molecule has 1 aromatic heterocycles. The Hall–Kier alpha value is -2.06. The Morgan fingerprint density at radius 2 is 1.97 bits per heavy atom. The van der Waals surface area contributed by atoms with Gasteiger partial charge in [0.2, 0.25) is 5.91 Å². The smallest absolute Gasteiger partial charge is 0.350 e. The quantitative estimate of drug-likeness (QED) is 0.362. The molecule has 4 nitrogen and oxygen atoms in total. The fourth-order valence-corrected chi connectivity index (χ4v) is 4.50. The van der Waals surface area contributed by atoms with Crippen molar-refractivity contribution in [1.29, 1.82) is 0 Å². The number of ether oxygens (including phenoxy) is 1. The summed E-state index contributed by atoms with van der Waals surface area (Å²) < 4.78 is 5.00. The third-order valence-electron chi connectivity index (χ3n) is 5.03. The van der Waals surface area contributed by atoms with Gasteiger partial charge in [-0.3, -0.25) is 4.79 Å². The molecule has 0 aromatic carbocycles. The molecule has 1 heterocycles. The van der Waals surface area contributed by atoms with E-state index in [1.54, 1.807) is 4.90 Å². The molecule has 1 amide bonds. The molecule has 2 atom stereocenters. The average molecular weight is 416 g/mol. The first-order valence-corrected chi connectivity index (χ1v) is 11.0. The highest BCUT2D eigenvalue weighted by molar-refractivity contribution is 7.15. The largest absolute Gasteiger partial charge is 0.465 e. The van der Waals surface area contributed by atoms with Crippen molar-refractivity contribution in [3.63, 3.8) is 0 Å². The Kier molecular flexibility index (Phi) is 7.35. The van der Waals surface area contributed by atoms with Crippen molar-refractivity contribution in [2.24, 2.45) is 17.3 Å². The molecule has 0 saturated heterocycles. The maximum absolute atomic E-state index is 13.6. The van der Waals surface area contributed by atoms with E-state index in [1.807, 2.05) is 40.7 Å². The monoisotopic (exact) mass is 415 g/mol. The number of rotatable bonds is 4. The zero-order valence-electron chi connectivity index (χ0n) is 18.9. The minimum atomic E-state index is -0.431. The summed E-state index contributed by atoms with van der Waals surface area (Å²) in [6, 6.07) is 1.78. The number of esters is 1. The highest BCUT2D eigenvalue weighted by Gasteiger charge is 2.35. The van der Waals surface area contributed by atoms with Crippen LogP contribution in [0.3, 0.4) is 0 Å². The number of carbonyl (C=O) groups is 2.